The second kappa shape index (κ2) is 30.0. The highest BCUT2D eigenvalue weighted by Crippen LogP contribution is 2.66. The standard InChI is InChI=1S/C24H33NO6.C23H33NO5.C22H31NO5.C2H3ClO.CH4/c1-15-5-8-20-23(3,10-9-21-24(20,4)12-29-14-31-21)18(15)7-6-17-19(11-30-22(17)28)25(13-26)16(2)27;1-14-5-8-19-22(3,10-9-20-23(19,4)12-27-13-29-20)17(14)7-6-16-18(24-15(2)25)11-28-21(16)26;1-14-4-7-18-21(2,9-8-19-22(18,3)11-26-13-28-19)16(14)6-5-15-17(23-12-24)10-27-20(15)25;1-2(3)4;/h6,13,18-21H,1,5,7-12,14H2,2-4H3;6,17-20H,1,5,7-13H2,2-4H3,(H,24,25);5,12,16-19H,1,4,6-11,13H2,2-3H3,(H,23,24);1H3;1H4/b17-6+;16-6+;15-5+;;/t18-,19?,20+,21-,23+,24+;17-,18?,19+,20-,22+,23+;16-,17?,18+,19-,21+,22+;;/m111../s1. The highest BCUT2D eigenvalue weighted by Gasteiger charge is 2.62. The van der Waals surface area contributed by atoms with Crippen molar-refractivity contribution in [3.63, 3.8) is 0 Å². The zero-order valence-corrected chi connectivity index (χ0v) is 56.4. The first-order valence-electron chi connectivity index (χ1n) is 33.2. The fourth-order valence-corrected chi connectivity index (χ4v) is 19.8. The zero-order valence-electron chi connectivity index (χ0n) is 55.7. The maximum atomic E-state index is 12.4. The van der Waals surface area contributed by atoms with Gasteiger partial charge in [0.1, 0.15) is 46.2 Å². The van der Waals surface area contributed by atoms with Gasteiger partial charge < -0.3 is 53.3 Å². The molecule has 21 heteroatoms. The number of hydrogen-bond acceptors (Lipinski definition) is 17. The Labute approximate surface area is 555 Å². The number of imide groups is 1. The fraction of sp³-hybridized carbons (Fsp3) is 0.722. The van der Waals surface area contributed by atoms with Gasteiger partial charge in [-0.1, -0.05) is 104 Å². The lowest BCUT2D eigenvalue weighted by Crippen LogP contribution is -2.60. The van der Waals surface area contributed by atoms with E-state index in [1.54, 1.807) is 0 Å². The van der Waals surface area contributed by atoms with Crippen LogP contribution in [0, 0.1) is 68.0 Å². The number of nitrogens with one attached hydrogen (secondary N) is 2. The van der Waals surface area contributed by atoms with Gasteiger partial charge in [0.05, 0.1) is 66.9 Å². The Bertz CT molecular complexity index is 2980. The summed E-state index contributed by atoms with van der Waals surface area (Å²) in [7, 11) is 0. The largest absolute Gasteiger partial charge is 0.460 e. The lowest BCUT2D eigenvalue weighted by Gasteiger charge is -2.61. The van der Waals surface area contributed by atoms with Crippen molar-refractivity contribution >= 4 is 59.4 Å². The molecular formula is C72H104ClN3O17. The van der Waals surface area contributed by atoms with Crippen molar-refractivity contribution in [1.29, 1.82) is 0 Å². The molecule has 0 aromatic carbocycles. The van der Waals surface area contributed by atoms with E-state index in [2.05, 4.69) is 83.5 Å². The molecule has 6 saturated heterocycles. The summed E-state index contributed by atoms with van der Waals surface area (Å²) < 4.78 is 50.7. The quantitative estimate of drug-likeness (QED) is 0.0487. The summed E-state index contributed by atoms with van der Waals surface area (Å²) in [5, 5.41) is 5.14. The Balaban J connectivity index is 0.000000173. The number of fused-ring (bicyclic) bond motifs is 9. The van der Waals surface area contributed by atoms with Crippen molar-refractivity contribution in [3.8, 4) is 0 Å². The molecule has 2 N–H and O–H groups in total. The number of ether oxygens (including phenoxy) is 9. The van der Waals surface area contributed by atoms with E-state index in [0.29, 0.717) is 92.5 Å². The van der Waals surface area contributed by atoms with Crippen molar-refractivity contribution in [1.82, 2.24) is 15.5 Å². The van der Waals surface area contributed by atoms with E-state index >= 15 is 0 Å². The molecule has 3 unspecified atom stereocenters. The molecule has 12 aliphatic rings. The molecule has 0 spiro atoms. The number of allylic oxidation sites excluding steroid dienone is 6. The van der Waals surface area contributed by atoms with E-state index in [9.17, 15) is 38.4 Å². The van der Waals surface area contributed by atoms with Gasteiger partial charge in [-0.15, -0.1) is 0 Å². The van der Waals surface area contributed by atoms with Gasteiger partial charge in [0.25, 0.3) is 0 Å². The van der Waals surface area contributed by atoms with Crippen LogP contribution in [0.15, 0.2) is 71.4 Å². The fourth-order valence-electron chi connectivity index (χ4n) is 19.8. The minimum atomic E-state index is -0.656. The van der Waals surface area contributed by atoms with Gasteiger partial charge in [0.2, 0.25) is 29.9 Å². The van der Waals surface area contributed by atoms with E-state index in [-0.39, 0.29) is 119 Å². The Morgan fingerprint density at radius 3 is 1.24 bits per heavy atom. The second-order valence-electron chi connectivity index (χ2n) is 29.5. The second-order valence-corrected chi connectivity index (χ2v) is 30.0. The molecule has 0 bridgehead atoms. The van der Waals surface area contributed by atoms with Gasteiger partial charge in [0, 0.05) is 37.0 Å². The summed E-state index contributed by atoms with van der Waals surface area (Å²) in [4.78, 5) is 92.6. The third-order valence-corrected chi connectivity index (χ3v) is 24.4. The van der Waals surface area contributed by atoms with Crippen molar-refractivity contribution < 1.29 is 81.0 Å². The monoisotopic (exact) mass is 1320 g/mol. The van der Waals surface area contributed by atoms with Crippen molar-refractivity contribution in [2.75, 3.05) is 60.0 Å². The van der Waals surface area contributed by atoms with Crippen molar-refractivity contribution in [2.45, 2.75) is 202 Å². The average Bonchev–Trinajstić information content (AvgIpc) is 0.884. The minimum absolute atomic E-state index is 0. The number of esters is 3. The molecule has 0 radical (unpaired) electrons. The summed E-state index contributed by atoms with van der Waals surface area (Å²) in [6.45, 7) is 35.1. The molecule has 0 aromatic heterocycles. The predicted octanol–water partition coefficient (Wildman–Crippen LogP) is 10.3. The summed E-state index contributed by atoms with van der Waals surface area (Å²) in [5.41, 5.74) is 5.47. The lowest BCUT2D eigenvalue weighted by molar-refractivity contribution is -0.259. The number of halogens is 1. The van der Waals surface area contributed by atoms with Crippen LogP contribution in [0.25, 0.3) is 0 Å². The van der Waals surface area contributed by atoms with Crippen molar-refractivity contribution in [3.05, 3.63) is 71.4 Å². The first kappa shape index (κ1) is 73.5. The Hall–Kier alpha value is -5.35. The van der Waals surface area contributed by atoms with Gasteiger partial charge in [0.15, 0.2) is 0 Å². The van der Waals surface area contributed by atoms with Gasteiger partial charge in [-0.3, -0.25) is 28.9 Å². The van der Waals surface area contributed by atoms with Crippen LogP contribution in [0.3, 0.4) is 0 Å². The first-order valence-corrected chi connectivity index (χ1v) is 33.6. The van der Waals surface area contributed by atoms with Crippen LogP contribution in [-0.2, 0) is 81.0 Å². The topological polar surface area (TPSA) is 247 Å². The highest BCUT2D eigenvalue weighted by molar-refractivity contribution is 6.62. The normalized spacial score (nSPS) is 41.0. The van der Waals surface area contributed by atoms with Crippen LogP contribution in [0.5, 0.6) is 0 Å². The van der Waals surface area contributed by atoms with E-state index in [1.807, 2.05) is 18.2 Å². The number of cyclic esters (lactones) is 3. The van der Waals surface area contributed by atoms with Crippen LogP contribution < -0.4 is 10.6 Å². The molecule has 20 nitrogen and oxygen atoms in total. The molecule has 18 atom stereocenters. The van der Waals surface area contributed by atoms with E-state index in [4.69, 9.17) is 42.6 Å². The zero-order chi connectivity index (χ0) is 66.7. The van der Waals surface area contributed by atoms with Crippen LogP contribution in [-0.4, -0.2) is 149 Å². The molecule has 4 amide bonds. The summed E-state index contributed by atoms with van der Waals surface area (Å²) >= 11 is 4.64. The molecule has 516 valence electrons. The molecule has 6 aliphatic carbocycles. The minimum Gasteiger partial charge on any atom is -0.460 e. The van der Waals surface area contributed by atoms with E-state index in [1.165, 1.54) is 37.5 Å². The molecular weight excluding hydrogens is 1210 g/mol. The first-order chi connectivity index (χ1) is 43.6. The third-order valence-electron chi connectivity index (χ3n) is 24.4. The number of amides is 4. The number of carbonyl (C=O) groups excluding carboxylic acids is 8. The summed E-state index contributed by atoms with van der Waals surface area (Å²) in [5.74, 6) is 0.548. The molecule has 12 fully saturated rings. The Morgan fingerprint density at radius 1 is 0.538 bits per heavy atom. The molecule has 6 heterocycles. The molecule has 12 rings (SSSR count). The SMILES string of the molecule is C.C=C1CC[C@@H]2[C@]3(C)COCO[C@@H]3CC[C@@]2(C)[C@@H]1C/C=C1/C(=O)OCC1N(C=O)C(C)=O.C=C1CC[C@@H]2[C@]3(C)COCO[C@@H]3CC[C@@]2(C)[C@@H]1C/C=C1/C(=O)OCC1NC(C)=O.C=C1CC[C@@H]2[C@]3(C)COCO[C@@H]3CC[C@@]2(C)[C@@H]1C/C=C1/C(=O)OCC1NC=O.CC(=O)Cl. The summed E-state index contributed by atoms with van der Waals surface area (Å²) in [6.07, 6.45) is 22.3. The summed E-state index contributed by atoms with van der Waals surface area (Å²) in [6, 6.07) is -1.36. The van der Waals surface area contributed by atoms with Gasteiger partial charge in [-0.25, -0.2) is 14.4 Å². The van der Waals surface area contributed by atoms with Crippen molar-refractivity contribution in [2.24, 2.45) is 68.0 Å². The van der Waals surface area contributed by atoms with Gasteiger partial charge >= 0.3 is 17.9 Å². The Kier molecular flexibility index (Phi) is 23.7. The van der Waals surface area contributed by atoms with Gasteiger partial charge in [-0.2, -0.15) is 0 Å². The maximum absolute atomic E-state index is 12.4. The average molecular weight is 1320 g/mol. The number of nitrogens with zero attached hydrogens (tertiary/aromatic N) is 1. The molecule has 93 heavy (non-hydrogen) atoms. The van der Waals surface area contributed by atoms with Crippen LogP contribution >= 0.6 is 11.6 Å². The van der Waals surface area contributed by atoms with Crippen LogP contribution in [0.1, 0.15) is 166 Å². The maximum Gasteiger partial charge on any atom is 0.336 e. The predicted molar refractivity (Wildman–Crippen MR) is 347 cm³/mol. The number of rotatable bonds is 11. The van der Waals surface area contributed by atoms with E-state index < -0.39 is 17.9 Å². The Morgan fingerprint density at radius 2 is 0.882 bits per heavy atom. The van der Waals surface area contributed by atoms with Crippen LogP contribution in [0.2, 0.25) is 0 Å². The van der Waals surface area contributed by atoms with Gasteiger partial charge in [-0.05, 0) is 160 Å². The molecule has 0 aromatic rings. The molecule has 6 saturated carbocycles. The highest BCUT2D eigenvalue weighted by atomic mass is 35.5. The smallest absolute Gasteiger partial charge is 0.336 e. The third kappa shape index (κ3) is 14.5. The van der Waals surface area contributed by atoms with E-state index in [0.717, 1.165) is 108 Å². The number of carbonyl (C=O) groups is 8. The molecule has 6 aliphatic heterocycles. The number of hydrogen-bond donors (Lipinski definition) is 2. The van der Waals surface area contributed by atoms with Crippen LogP contribution in [0.4, 0.5) is 0 Å². The lowest BCUT2D eigenvalue weighted by atomic mass is 9.46.